The zero-order chi connectivity index (χ0) is 17.9. The van der Waals surface area contributed by atoms with E-state index in [1.807, 2.05) is 31.2 Å². The smallest absolute Gasteiger partial charge is 0.338 e. The van der Waals surface area contributed by atoms with Gasteiger partial charge in [0.1, 0.15) is 18.8 Å². The number of aromatic nitrogens is 5. The molecule has 0 aliphatic heterocycles. The predicted octanol–water partition coefficient (Wildman–Crippen LogP) is 3.13. The lowest BCUT2D eigenvalue weighted by Crippen LogP contribution is -2.09. The largest absolute Gasteiger partial charge is 0.454 e. The summed E-state index contributed by atoms with van der Waals surface area (Å²) in [7, 11) is 0. The van der Waals surface area contributed by atoms with Crippen LogP contribution >= 0.6 is 0 Å². The number of carbonyl (C=O) groups excluding carboxylic acids is 1. The SMILES string of the molecule is C[C@@H](OC(=O)c1ccc2nccnc2c1)c1ccc(-n2cncn2)cc1. The molecule has 2 aromatic heterocycles. The molecule has 26 heavy (non-hydrogen) atoms. The molecule has 0 radical (unpaired) electrons. The second kappa shape index (κ2) is 6.72. The molecule has 4 aromatic rings. The van der Waals surface area contributed by atoms with Crippen molar-refractivity contribution in [2.45, 2.75) is 13.0 Å². The minimum absolute atomic E-state index is 0.384. The van der Waals surface area contributed by atoms with Crippen LogP contribution in [0.5, 0.6) is 0 Å². The number of esters is 1. The second-order valence-corrected chi connectivity index (χ2v) is 5.74. The fourth-order valence-electron chi connectivity index (χ4n) is 2.63. The summed E-state index contributed by atoms with van der Waals surface area (Å²) in [5, 5.41) is 4.08. The van der Waals surface area contributed by atoms with E-state index in [0.29, 0.717) is 11.1 Å². The number of benzene rings is 2. The average molecular weight is 345 g/mol. The molecule has 7 heteroatoms. The van der Waals surface area contributed by atoms with Gasteiger partial charge in [-0.05, 0) is 42.8 Å². The Labute approximate surface area is 149 Å². The Morgan fingerprint density at radius 3 is 2.54 bits per heavy atom. The van der Waals surface area contributed by atoms with E-state index in [1.54, 1.807) is 41.6 Å². The summed E-state index contributed by atoms with van der Waals surface area (Å²) < 4.78 is 7.24. The van der Waals surface area contributed by atoms with E-state index in [-0.39, 0.29) is 6.10 Å². The van der Waals surface area contributed by atoms with Gasteiger partial charge in [0.05, 0.1) is 22.3 Å². The Morgan fingerprint density at radius 1 is 1.04 bits per heavy atom. The maximum Gasteiger partial charge on any atom is 0.338 e. The van der Waals surface area contributed by atoms with Crippen LogP contribution in [0.1, 0.15) is 28.9 Å². The van der Waals surface area contributed by atoms with Gasteiger partial charge in [-0.1, -0.05) is 12.1 Å². The van der Waals surface area contributed by atoms with Crippen LogP contribution in [-0.4, -0.2) is 30.7 Å². The molecule has 0 amide bonds. The van der Waals surface area contributed by atoms with E-state index in [2.05, 4.69) is 20.1 Å². The Morgan fingerprint density at radius 2 is 1.81 bits per heavy atom. The third kappa shape index (κ3) is 3.14. The lowest BCUT2D eigenvalue weighted by Gasteiger charge is -2.14. The van der Waals surface area contributed by atoms with Crippen LogP contribution in [-0.2, 0) is 4.74 Å². The highest BCUT2D eigenvalue weighted by Gasteiger charge is 2.15. The van der Waals surface area contributed by atoms with Gasteiger partial charge in [-0.3, -0.25) is 9.97 Å². The van der Waals surface area contributed by atoms with Crippen LogP contribution in [0.15, 0.2) is 67.5 Å². The van der Waals surface area contributed by atoms with Crippen molar-refractivity contribution in [3.8, 4) is 5.69 Å². The van der Waals surface area contributed by atoms with Crippen LogP contribution in [0, 0.1) is 0 Å². The number of hydrogen-bond acceptors (Lipinski definition) is 6. The summed E-state index contributed by atoms with van der Waals surface area (Å²) in [5.74, 6) is -0.398. The average Bonchev–Trinajstić information content (AvgIpc) is 3.22. The number of ether oxygens (including phenoxy) is 1. The highest BCUT2D eigenvalue weighted by atomic mass is 16.5. The van der Waals surface area contributed by atoms with Gasteiger partial charge in [0.2, 0.25) is 0 Å². The molecule has 7 nitrogen and oxygen atoms in total. The van der Waals surface area contributed by atoms with E-state index in [4.69, 9.17) is 4.74 Å². The molecule has 0 aliphatic rings. The Kier molecular flexibility index (Phi) is 4.10. The van der Waals surface area contributed by atoms with Crippen LogP contribution in [0.4, 0.5) is 0 Å². The predicted molar refractivity (Wildman–Crippen MR) is 94.7 cm³/mol. The molecule has 0 fully saturated rings. The summed E-state index contributed by atoms with van der Waals surface area (Å²) in [4.78, 5) is 24.8. The monoisotopic (exact) mass is 345 g/mol. The molecule has 1 atom stereocenters. The number of rotatable bonds is 4. The maximum atomic E-state index is 12.4. The van der Waals surface area contributed by atoms with Crippen LogP contribution in [0.3, 0.4) is 0 Å². The standard InChI is InChI=1S/C19H15N5O2/c1-13(14-2-5-16(6-3-14)24-12-20-11-23-24)26-19(25)15-4-7-17-18(10-15)22-9-8-21-17/h2-13H,1H3/t13-/m1/s1. The van der Waals surface area contributed by atoms with E-state index in [1.165, 1.54) is 6.33 Å². The third-order valence-corrected chi connectivity index (χ3v) is 4.03. The van der Waals surface area contributed by atoms with Gasteiger partial charge in [0.15, 0.2) is 0 Å². The molecule has 0 saturated heterocycles. The van der Waals surface area contributed by atoms with Crippen LogP contribution < -0.4 is 0 Å². The van der Waals surface area contributed by atoms with E-state index < -0.39 is 5.97 Å². The molecule has 0 bridgehead atoms. The lowest BCUT2D eigenvalue weighted by molar-refractivity contribution is 0.0338. The number of fused-ring (bicyclic) bond motifs is 1. The van der Waals surface area contributed by atoms with Crippen molar-refractivity contribution in [3.63, 3.8) is 0 Å². The number of hydrogen-bond donors (Lipinski definition) is 0. The minimum atomic E-state index is -0.398. The zero-order valence-electron chi connectivity index (χ0n) is 14.0. The molecule has 0 N–H and O–H groups in total. The first-order chi connectivity index (χ1) is 12.7. The Hall–Kier alpha value is -3.61. The molecular formula is C19H15N5O2. The molecule has 0 spiro atoms. The number of nitrogens with zero attached hydrogens (tertiary/aromatic N) is 5. The van der Waals surface area contributed by atoms with Gasteiger partial charge >= 0.3 is 5.97 Å². The minimum Gasteiger partial charge on any atom is -0.454 e. The molecule has 0 unspecified atom stereocenters. The van der Waals surface area contributed by atoms with Crippen LogP contribution in [0.25, 0.3) is 16.7 Å². The molecular weight excluding hydrogens is 330 g/mol. The van der Waals surface area contributed by atoms with Gasteiger partial charge in [-0.25, -0.2) is 14.5 Å². The topological polar surface area (TPSA) is 82.8 Å². The Balaban J connectivity index is 1.49. The van der Waals surface area contributed by atoms with Crippen molar-refractivity contribution in [2.75, 3.05) is 0 Å². The van der Waals surface area contributed by atoms with Crippen molar-refractivity contribution >= 4 is 17.0 Å². The molecule has 0 aliphatic carbocycles. The van der Waals surface area contributed by atoms with Gasteiger partial charge in [0, 0.05) is 12.4 Å². The molecule has 128 valence electrons. The van der Waals surface area contributed by atoms with Gasteiger partial charge in [0.25, 0.3) is 0 Å². The fourth-order valence-corrected chi connectivity index (χ4v) is 2.63. The maximum absolute atomic E-state index is 12.4. The quantitative estimate of drug-likeness (QED) is 0.529. The van der Waals surface area contributed by atoms with Crippen molar-refractivity contribution in [1.29, 1.82) is 0 Å². The summed E-state index contributed by atoms with van der Waals surface area (Å²) in [6.07, 6.45) is 5.93. The first-order valence-corrected chi connectivity index (χ1v) is 8.07. The fraction of sp³-hybridized carbons (Fsp3) is 0.105. The summed E-state index contributed by atoms with van der Waals surface area (Å²) >= 11 is 0. The summed E-state index contributed by atoms with van der Waals surface area (Å²) in [6, 6.07) is 12.8. The second-order valence-electron chi connectivity index (χ2n) is 5.74. The molecule has 2 heterocycles. The van der Waals surface area contributed by atoms with Gasteiger partial charge in [-0.15, -0.1) is 0 Å². The Bertz CT molecular complexity index is 1050. The van der Waals surface area contributed by atoms with E-state index >= 15 is 0 Å². The summed E-state index contributed by atoms with van der Waals surface area (Å²) in [6.45, 7) is 1.84. The van der Waals surface area contributed by atoms with E-state index in [0.717, 1.165) is 16.8 Å². The third-order valence-electron chi connectivity index (χ3n) is 4.03. The summed E-state index contributed by atoms with van der Waals surface area (Å²) in [5.41, 5.74) is 3.62. The van der Waals surface area contributed by atoms with Crippen molar-refractivity contribution in [2.24, 2.45) is 0 Å². The van der Waals surface area contributed by atoms with E-state index in [9.17, 15) is 4.79 Å². The lowest BCUT2D eigenvalue weighted by atomic mass is 10.1. The van der Waals surface area contributed by atoms with Crippen molar-refractivity contribution in [3.05, 3.63) is 78.6 Å². The first kappa shape index (κ1) is 15.9. The van der Waals surface area contributed by atoms with Crippen molar-refractivity contribution < 1.29 is 9.53 Å². The highest BCUT2D eigenvalue weighted by Crippen LogP contribution is 2.21. The number of carbonyl (C=O) groups is 1. The normalized spacial score (nSPS) is 12.0. The molecule has 4 rings (SSSR count). The van der Waals surface area contributed by atoms with Crippen molar-refractivity contribution in [1.82, 2.24) is 24.7 Å². The molecule has 2 aromatic carbocycles. The van der Waals surface area contributed by atoms with Gasteiger partial charge < -0.3 is 4.74 Å². The van der Waals surface area contributed by atoms with Gasteiger partial charge in [-0.2, -0.15) is 5.10 Å². The first-order valence-electron chi connectivity index (χ1n) is 8.07. The molecule has 0 saturated carbocycles. The highest BCUT2D eigenvalue weighted by molar-refractivity contribution is 5.93. The van der Waals surface area contributed by atoms with Crippen LogP contribution in [0.2, 0.25) is 0 Å². The zero-order valence-corrected chi connectivity index (χ0v) is 14.0.